The molecule has 0 saturated carbocycles. The summed E-state index contributed by atoms with van der Waals surface area (Å²) < 4.78 is 2.48. The van der Waals surface area contributed by atoms with Crippen molar-refractivity contribution in [3.8, 4) is 27.9 Å². The second kappa shape index (κ2) is 10.4. The number of hydrogen-bond donors (Lipinski definition) is 0. The molecule has 3 aliphatic rings. The van der Waals surface area contributed by atoms with Crippen LogP contribution in [0.15, 0.2) is 200 Å². The maximum absolute atomic E-state index is 2.56. The van der Waals surface area contributed by atoms with Crippen molar-refractivity contribution in [1.82, 2.24) is 4.57 Å². The number of aromatic nitrogens is 1. The van der Waals surface area contributed by atoms with Crippen molar-refractivity contribution >= 4 is 32.6 Å². The summed E-state index contributed by atoms with van der Waals surface area (Å²) >= 11 is 0. The zero-order valence-electron chi connectivity index (χ0n) is 30.0. The van der Waals surface area contributed by atoms with E-state index in [1.54, 1.807) is 0 Å². The molecule has 3 aliphatic carbocycles. The molecular formula is C54H33N. The largest absolute Gasteiger partial charge is 0.309 e. The van der Waals surface area contributed by atoms with Crippen LogP contribution in [0.1, 0.15) is 44.5 Å². The topological polar surface area (TPSA) is 4.93 Å². The third-order valence-corrected chi connectivity index (χ3v) is 13.3. The van der Waals surface area contributed by atoms with Crippen LogP contribution in [0.4, 0.5) is 0 Å². The molecule has 0 N–H and O–H groups in total. The highest BCUT2D eigenvalue weighted by molar-refractivity contribution is 6.12. The van der Waals surface area contributed by atoms with Gasteiger partial charge in [-0.3, -0.25) is 0 Å². The lowest BCUT2D eigenvalue weighted by Crippen LogP contribution is -2.43. The molecule has 0 bridgehead atoms. The lowest BCUT2D eigenvalue weighted by Gasteiger charge is -2.48. The van der Waals surface area contributed by atoms with Gasteiger partial charge in [0.05, 0.1) is 21.9 Å². The Morgan fingerprint density at radius 1 is 0.273 bits per heavy atom. The predicted molar refractivity (Wildman–Crippen MR) is 226 cm³/mol. The molecule has 10 aromatic rings. The molecule has 0 amide bonds. The maximum Gasteiger partial charge on any atom is 0.0720 e. The van der Waals surface area contributed by atoms with Crippen molar-refractivity contribution in [3.05, 3.63) is 245 Å². The monoisotopic (exact) mass is 695 g/mol. The molecule has 13 rings (SSSR count). The molecule has 0 unspecified atom stereocenters. The summed E-state index contributed by atoms with van der Waals surface area (Å²) in [6, 6.07) is 75.8. The molecule has 0 radical (unpaired) electrons. The van der Waals surface area contributed by atoms with E-state index in [-0.39, 0.29) is 0 Å². The van der Waals surface area contributed by atoms with Gasteiger partial charge < -0.3 is 4.57 Å². The third-order valence-electron chi connectivity index (χ3n) is 13.3. The van der Waals surface area contributed by atoms with E-state index < -0.39 is 10.8 Å². The molecule has 1 heteroatoms. The van der Waals surface area contributed by atoms with Crippen LogP contribution in [-0.4, -0.2) is 4.57 Å². The van der Waals surface area contributed by atoms with Crippen molar-refractivity contribution in [2.75, 3.05) is 0 Å². The lowest BCUT2D eigenvalue weighted by molar-refractivity contribution is 0.633. The highest BCUT2D eigenvalue weighted by atomic mass is 15.0. The molecule has 254 valence electrons. The molecule has 0 aliphatic heterocycles. The van der Waals surface area contributed by atoms with E-state index in [4.69, 9.17) is 0 Å². The third kappa shape index (κ3) is 3.42. The summed E-state index contributed by atoms with van der Waals surface area (Å²) in [5.74, 6) is 0. The van der Waals surface area contributed by atoms with Gasteiger partial charge in [0.2, 0.25) is 0 Å². The van der Waals surface area contributed by atoms with E-state index >= 15 is 0 Å². The van der Waals surface area contributed by atoms with Gasteiger partial charge in [0.25, 0.3) is 0 Å². The Labute approximate surface area is 319 Å². The van der Waals surface area contributed by atoms with E-state index in [0.29, 0.717) is 0 Å². The zero-order chi connectivity index (χ0) is 35.9. The first kappa shape index (κ1) is 29.5. The first-order chi connectivity index (χ1) is 27.3. The number of rotatable bonds is 1. The van der Waals surface area contributed by atoms with Gasteiger partial charge in [0.1, 0.15) is 0 Å². The van der Waals surface area contributed by atoms with Crippen molar-refractivity contribution in [3.63, 3.8) is 0 Å². The highest BCUT2D eigenvalue weighted by Gasteiger charge is 2.58. The Balaban J connectivity index is 1.19. The number of para-hydroxylation sites is 1. The van der Waals surface area contributed by atoms with Gasteiger partial charge in [-0.1, -0.05) is 170 Å². The first-order valence-corrected chi connectivity index (χ1v) is 19.4. The molecule has 1 aromatic heterocycles. The Kier molecular flexibility index (Phi) is 5.56. The minimum absolute atomic E-state index is 0.445. The maximum atomic E-state index is 2.56. The van der Waals surface area contributed by atoms with Gasteiger partial charge in [0, 0.05) is 16.5 Å². The first-order valence-electron chi connectivity index (χ1n) is 19.4. The molecule has 55 heavy (non-hydrogen) atoms. The molecule has 0 atom stereocenters. The van der Waals surface area contributed by atoms with E-state index in [9.17, 15) is 0 Å². The fourth-order valence-corrected chi connectivity index (χ4v) is 11.3. The summed E-state index contributed by atoms with van der Waals surface area (Å²) in [7, 11) is 0. The molecule has 1 nitrogen and oxygen atoms in total. The Morgan fingerprint density at radius 3 is 1.33 bits per heavy atom. The van der Waals surface area contributed by atoms with Crippen molar-refractivity contribution in [1.29, 1.82) is 0 Å². The molecule has 1 heterocycles. The average Bonchev–Trinajstić information content (AvgIpc) is 3.85. The molecule has 2 spiro atoms. The Morgan fingerprint density at radius 2 is 0.727 bits per heavy atom. The standard InChI is InChI=1S/C54H33N/c1-2-16-35-31-36(30-29-34(35)15-1)55-51-28-14-6-20-40(51)42-32-50-41(33-52(42)55)39-19-5-9-23-45(39)54(50)48-26-12-10-24-46(48)53(47-25-11-13-27-49(47)54)43-21-7-3-17-37(43)38-18-4-8-22-44(38)53/h1-33H. The minimum Gasteiger partial charge on any atom is -0.309 e. The average molecular weight is 696 g/mol. The van der Waals surface area contributed by atoms with Gasteiger partial charge in [-0.25, -0.2) is 0 Å². The highest BCUT2D eigenvalue weighted by Crippen LogP contribution is 2.67. The quantitative estimate of drug-likeness (QED) is 0.161. The minimum atomic E-state index is -0.517. The molecule has 0 fully saturated rings. The van der Waals surface area contributed by atoms with Crippen LogP contribution in [0.2, 0.25) is 0 Å². The fraction of sp³-hybridized carbons (Fsp3) is 0.0370. The summed E-state index contributed by atoms with van der Waals surface area (Å²) in [6.07, 6.45) is 0. The zero-order valence-corrected chi connectivity index (χ0v) is 30.0. The number of nitrogens with zero attached hydrogens (tertiary/aromatic N) is 1. The summed E-state index contributed by atoms with van der Waals surface area (Å²) in [6.45, 7) is 0. The van der Waals surface area contributed by atoms with Crippen LogP contribution in [0, 0.1) is 0 Å². The van der Waals surface area contributed by atoms with E-state index in [2.05, 4.69) is 205 Å². The molecule has 0 saturated heterocycles. The van der Waals surface area contributed by atoms with E-state index in [0.717, 1.165) is 0 Å². The van der Waals surface area contributed by atoms with Crippen molar-refractivity contribution in [2.24, 2.45) is 0 Å². The second-order valence-electron chi connectivity index (χ2n) is 15.5. The lowest BCUT2D eigenvalue weighted by atomic mass is 9.52. The van der Waals surface area contributed by atoms with Crippen LogP contribution in [0.3, 0.4) is 0 Å². The van der Waals surface area contributed by atoms with Crippen molar-refractivity contribution < 1.29 is 0 Å². The van der Waals surface area contributed by atoms with Crippen LogP contribution >= 0.6 is 0 Å². The predicted octanol–water partition coefficient (Wildman–Crippen LogP) is 13.0. The van der Waals surface area contributed by atoms with Gasteiger partial charge in [-0.2, -0.15) is 0 Å². The Hall–Kier alpha value is -6.96. The molecule has 9 aromatic carbocycles. The van der Waals surface area contributed by atoms with Gasteiger partial charge in [0.15, 0.2) is 0 Å². The smallest absolute Gasteiger partial charge is 0.0720 e. The summed E-state index contributed by atoms with van der Waals surface area (Å²) in [5, 5.41) is 5.05. The van der Waals surface area contributed by atoms with Crippen molar-refractivity contribution in [2.45, 2.75) is 10.8 Å². The van der Waals surface area contributed by atoms with Gasteiger partial charge in [-0.15, -0.1) is 0 Å². The Bertz CT molecular complexity index is 3190. The van der Waals surface area contributed by atoms with E-state index in [1.165, 1.54) is 105 Å². The van der Waals surface area contributed by atoms with Crippen LogP contribution in [0.25, 0.3) is 60.5 Å². The summed E-state index contributed by atoms with van der Waals surface area (Å²) in [5.41, 5.74) is 18.9. The van der Waals surface area contributed by atoms with E-state index in [1.807, 2.05) is 0 Å². The SMILES string of the molecule is c1ccc2c(c1)-c1ccccc1C21c2ccccc2C2(c3ccccc3-c3cc4c(cc32)c2ccccc2n4-c2ccc3ccccc3c2)c2ccccc21. The van der Waals surface area contributed by atoms with Crippen LogP contribution in [0.5, 0.6) is 0 Å². The molecular weight excluding hydrogens is 663 g/mol. The van der Waals surface area contributed by atoms with Gasteiger partial charge in [-0.05, 0) is 108 Å². The number of benzene rings is 9. The van der Waals surface area contributed by atoms with Gasteiger partial charge >= 0.3 is 0 Å². The number of fused-ring (bicyclic) bond motifs is 20. The number of hydrogen-bond acceptors (Lipinski definition) is 0. The van der Waals surface area contributed by atoms with Crippen LogP contribution in [-0.2, 0) is 10.8 Å². The fourth-order valence-electron chi connectivity index (χ4n) is 11.3. The summed E-state index contributed by atoms with van der Waals surface area (Å²) in [4.78, 5) is 0. The normalized spacial score (nSPS) is 14.8. The second-order valence-corrected chi connectivity index (χ2v) is 15.5. The van der Waals surface area contributed by atoms with Crippen LogP contribution < -0.4 is 0 Å².